The van der Waals surface area contributed by atoms with Crippen molar-refractivity contribution in [1.82, 2.24) is 0 Å². The van der Waals surface area contributed by atoms with Crippen LogP contribution >= 0.6 is 0 Å². The first-order chi connectivity index (χ1) is 20.5. The van der Waals surface area contributed by atoms with Crippen LogP contribution in [0.2, 0.25) is 0 Å². The van der Waals surface area contributed by atoms with E-state index in [4.69, 9.17) is 10.2 Å². The third-order valence-electron chi connectivity index (χ3n) is 8.15. The molecule has 0 aromatic heterocycles. The van der Waals surface area contributed by atoms with E-state index in [2.05, 4.69) is 26.0 Å². The summed E-state index contributed by atoms with van der Waals surface area (Å²) in [5, 5.41) is 17.0. The van der Waals surface area contributed by atoms with Gasteiger partial charge in [0, 0.05) is 12.8 Å². The molecule has 42 heavy (non-hydrogen) atoms. The molecule has 0 heterocycles. The van der Waals surface area contributed by atoms with Crippen LogP contribution in [0, 0.1) is 0 Å². The smallest absolute Gasteiger partial charge is 0.303 e. The van der Waals surface area contributed by atoms with Crippen molar-refractivity contribution in [3.05, 3.63) is 12.2 Å². The Morgan fingerprint density at radius 2 is 0.571 bits per heavy atom. The van der Waals surface area contributed by atoms with Gasteiger partial charge >= 0.3 is 11.9 Å². The molecule has 0 atom stereocenters. The molecule has 4 nitrogen and oxygen atoms in total. The first-order valence-electron chi connectivity index (χ1n) is 18.6. The van der Waals surface area contributed by atoms with Crippen molar-refractivity contribution in [2.45, 2.75) is 219 Å². The Kier molecular flexibility index (Phi) is 40.4. The van der Waals surface area contributed by atoms with Gasteiger partial charge in [0.1, 0.15) is 0 Å². The summed E-state index contributed by atoms with van der Waals surface area (Å²) in [6.07, 6.45) is 44.4. The fourth-order valence-electron chi connectivity index (χ4n) is 5.35. The van der Waals surface area contributed by atoms with Gasteiger partial charge in [-0.15, -0.1) is 0 Å². The summed E-state index contributed by atoms with van der Waals surface area (Å²) < 4.78 is 0. The number of carboxylic acids is 2. The number of allylic oxidation sites excluding steroid dienone is 2. The molecule has 0 saturated carbocycles. The molecule has 0 aliphatic rings. The SMILES string of the molecule is CCCCCCCCC=CCCCCCCCC(=O)O.CCCCCCCCCCCCCCCCCCCC(=O)O. The van der Waals surface area contributed by atoms with E-state index in [1.165, 1.54) is 167 Å². The van der Waals surface area contributed by atoms with E-state index in [-0.39, 0.29) is 0 Å². The topological polar surface area (TPSA) is 74.6 Å². The molecule has 2 N–H and O–H groups in total. The van der Waals surface area contributed by atoms with Crippen LogP contribution < -0.4 is 0 Å². The predicted octanol–water partition coefficient (Wildman–Crippen LogP) is 13.2. The van der Waals surface area contributed by atoms with E-state index < -0.39 is 11.9 Å². The minimum atomic E-state index is -0.664. The minimum Gasteiger partial charge on any atom is -0.481 e. The second-order valence-electron chi connectivity index (χ2n) is 12.5. The fourth-order valence-corrected chi connectivity index (χ4v) is 5.35. The summed E-state index contributed by atoms with van der Waals surface area (Å²) in [7, 11) is 0. The lowest BCUT2D eigenvalue weighted by atomic mass is 10.0. The zero-order valence-corrected chi connectivity index (χ0v) is 28.5. The second-order valence-corrected chi connectivity index (χ2v) is 12.5. The molecule has 0 fully saturated rings. The molecule has 0 amide bonds. The quantitative estimate of drug-likeness (QED) is 0.0585. The molecular weight excluding hydrogens is 520 g/mol. The number of carbonyl (C=O) groups is 2. The standard InChI is InChI=1S/C20H40O2.C18H34O2/c1-2-3-4-5-6-7-8-9-10-11-12-13-14-15-16-17-18-19-20(21)22;1-2-3-4-5-6-7-8-9-10-11-12-13-14-15-16-17-18(19)20/h2-19H2,1H3,(H,21,22);9-10H,2-8,11-17H2,1H3,(H,19,20). The highest BCUT2D eigenvalue weighted by molar-refractivity contribution is 5.66. The largest absolute Gasteiger partial charge is 0.481 e. The first kappa shape index (κ1) is 42.8. The predicted molar refractivity (Wildman–Crippen MR) is 184 cm³/mol. The fraction of sp³-hybridized carbons (Fsp3) is 0.895. The van der Waals surface area contributed by atoms with Crippen molar-refractivity contribution < 1.29 is 19.8 Å². The van der Waals surface area contributed by atoms with Crippen molar-refractivity contribution in [2.24, 2.45) is 0 Å². The average molecular weight is 595 g/mol. The molecule has 250 valence electrons. The van der Waals surface area contributed by atoms with E-state index in [1.807, 2.05) is 0 Å². The molecule has 0 rings (SSSR count). The van der Waals surface area contributed by atoms with Crippen molar-refractivity contribution in [2.75, 3.05) is 0 Å². The van der Waals surface area contributed by atoms with Gasteiger partial charge < -0.3 is 10.2 Å². The summed E-state index contributed by atoms with van der Waals surface area (Å²) in [5.74, 6) is -1.32. The van der Waals surface area contributed by atoms with E-state index in [9.17, 15) is 9.59 Å². The first-order valence-corrected chi connectivity index (χ1v) is 18.6. The molecular formula is C38H74O4. The molecule has 0 aliphatic carbocycles. The molecule has 0 aromatic rings. The molecule has 0 saturated heterocycles. The maximum atomic E-state index is 10.4. The van der Waals surface area contributed by atoms with Gasteiger partial charge in [-0.2, -0.15) is 0 Å². The van der Waals surface area contributed by atoms with E-state index in [0.717, 1.165) is 25.7 Å². The van der Waals surface area contributed by atoms with Crippen LogP contribution in [0.25, 0.3) is 0 Å². The van der Waals surface area contributed by atoms with E-state index in [1.54, 1.807) is 0 Å². The monoisotopic (exact) mass is 595 g/mol. The van der Waals surface area contributed by atoms with Crippen LogP contribution in [0.4, 0.5) is 0 Å². The van der Waals surface area contributed by atoms with Crippen molar-refractivity contribution >= 4 is 11.9 Å². The Morgan fingerprint density at radius 3 is 0.810 bits per heavy atom. The van der Waals surface area contributed by atoms with Gasteiger partial charge in [0.2, 0.25) is 0 Å². The zero-order valence-electron chi connectivity index (χ0n) is 28.5. The minimum absolute atomic E-state index is 0.332. The van der Waals surface area contributed by atoms with Crippen molar-refractivity contribution in [1.29, 1.82) is 0 Å². The molecule has 0 aliphatic heterocycles. The van der Waals surface area contributed by atoms with Crippen LogP contribution in [-0.2, 0) is 9.59 Å². The Balaban J connectivity index is 0. The Morgan fingerprint density at radius 1 is 0.357 bits per heavy atom. The van der Waals surface area contributed by atoms with Crippen molar-refractivity contribution in [3.8, 4) is 0 Å². The molecule has 4 heteroatoms. The molecule has 0 radical (unpaired) electrons. The Hall–Kier alpha value is -1.32. The van der Waals surface area contributed by atoms with Gasteiger partial charge in [-0.25, -0.2) is 0 Å². The van der Waals surface area contributed by atoms with Gasteiger partial charge in [-0.1, -0.05) is 180 Å². The second kappa shape index (κ2) is 39.7. The maximum Gasteiger partial charge on any atom is 0.303 e. The summed E-state index contributed by atoms with van der Waals surface area (Å²) in [6.45, 7) is 4.54. The van der Waals surface area contributed by atoms with Gasteiger partial charge in [0.25, 0.3) is 0 Å². The summed E-state index contributed by atoms with van der Waals surface area (Å²) in [6, 6.07) is 0. The lowest BCUT2D eigenvalue weighted by Gasteiger charge is -2.03. The number of unbranched alkanes of at least 4 members (excludes halogenated alkanes) is 27. The molecule has 0 unspecified atom stereocenters. The third kappa shape index (κ3) is 45.7. The third-order valence-corrected chi connectivity index (χ3v) is 8.15. The Labute approximate surface area is 262 Å². The summed E-state index contributed by atoms with van der Waals surface area (Å²) in [5.41, 5.74) is 0. The van der Waals surface area contributed by atoms with Crippen molar-refractivity contribution in [3.63, 3.8) is 0 Å². The number of rotatable bonds is 33. The Bertz CT molecular complexity index is 557. The highest BCUT2D eigenvalue weighted by Crippen LogP contribution is 2.14. The maximum absolute atomic E-state index is 10.4. The van der Waals surface area contributed by atoms with Crippen LogP contribution in [0.1, 0.15) is 219 Å². The number of hydrogen-bond donors (Lipinski definition) is 2. The van der Waals surface area contributed by atoms with E-state index in [0.29, 0.717) is 12.8 Å². The van der Waals surface area contributed by atoms with Crippen LogP contribution in [0.5, 0.6) is 0 Å². The summed E-state index contributed by atoms with van der Waals surface area (Å²) in [4.78, 5) is 20.7. The molecule has 0 aromatic carbocycles. The van der Waals surface area contributed by atoms with Gasteiger partial charge in [0.15, 0.2) is 0 Å². The van der Waals surface area contributed by atoms with Gasteiger partial charge in [-0.05, 0) is 38.5 Å². The van der Waals surface area contributed by atoms with Gasteiger partial charge in [-0.3, -0.25) is 9.59 Å². The normalized spacial score (nSPS) is 11.1. The lowest BCUT2D eigenvalue weighted by molar-refractivity contribution is -0.138. The zero-order chi connectivity index (χ0) is 31.2. The number of hydrogen-bond acceptors (Lipinski definition) is 2. The van der Waals surface area contributed by atoms with Crippen LogP contribution in [-0.4, -0.2) is 22.2 Å². The average Bonchev–Trinajstić information content (AvgIpc) is 2.97. The lowest BCUT2D eigenvalue weighted by Crippen LogP contribution is -1.93. The highest BCUT2D eigenvalue weighted by atomic mass is 16.4. The molecule has 0 spiro atoms. The van der Waals surface area contributed by atoms with Gasteiger partial charge in [0.05, 0.1) is 0 Å². The number of carboxylic acid groups (broad SMARTS) is 2. The molecule has 0 bridgehead atoms. The summed E-state index contributed by atoms with van der Waals surface area (Å²) >= 11 is 0. The van der Waals surface area contributed by atoms with Crippen LogP contribution in [0.3, 0.4) is 0 Å². The van der Waals surface area contributed by atoms with Crippen LogP contribution in [0.15, 0.2) is 12.2 Å². The van der Waals surface area contributed by atoms with E-state index >= 15 is 0 Å². The number of aliphatic carboxylic acids is 2. The highest BCUT2D eigenvalue weighted by Gasteiger charge is 1.98.